The molecule has 3 aliphatic carbocycles. The van der Waals surface area contributed by atoms with Gasteiger partial charge in [-0.3, -0.25) is 0 Å². The Labute approximate surface area is 109 Å². The fourth-order valence-corrected chi connectivity index (χ4v) is 5.27. The van der Waals surface area contributed by atoms with Crippen LogP contribution >= 0.6 is 0 Å². The molecule has 0 saturated heterocycles. The first-order valence-corrected chi connectivity index (χ1v) is 7.34. The van der Waals surface area contributed by atoms with Gasteiger partial charge in [0.1, 0.15) is 0 Å². The molecule has 0 spiro atoms. The number of rotatable bonds is 1. The maximum Gasteiger partial charge on any atom is 0.0651 e. The molecule has 0 aromatic carbocycles. The van der Waals surface area contributed by atoms with Crippen LogP contribution in [0.25, 0.3) is 0 Å². The van der Waals surface area contributed by atoms with Crippen LogP contribution in [-0.4, -0.2) is 33.6 Å². The summed E-state index contributed by atoms with van der Waals surface area (Å²) in [6.45, 7) is 6.48. The molecule has 3 N–H and O–H groups in total. The minimum Gasteiger partial charge on any atom is -0.396 e. The van der Waals surface area contributed by atoms with Crippen molar-refractivity contribution in [3.05, 3.63) is 0 Å². The smallest absolute Gasteiger partial charge is 0.0651 e. The lowest BCUT2D eigenvalue weighted by atomic mass is 9.74. The van der Waals surface area contributed by atoms with Crippen LogP contribution in [0.15, 0.2) is 0 Å². The molecule has 18 heavy (non-hydrogen) atoms. The topological polar surface area (TPSA) is 60.7 Å². The summed E-state index contributed by atoms with van der Waals surface area (Å²) in [6, 6.07) is 0. The predicted molar refractivity (Wildman–Crippen MR) is 68.8 cm³/mol. The lowest BCUT2D eigenvalue weighted by Gasteiger charge is -2.35. The molecule has 0 bridgehead atoms. The zero-order valence-electron chi connectivity index (χ0n) is 11.6. The summed E-state index contributed by atoms with van der Waals surface area (Å²) in [4.78, 5) is 0. The van der Waals surface area contributed by atoms with Crippen LogP contribution in [0.4, 0.5) is 0 Å². The summed E-state index contributed by atoms with van der Waals surface area (Å²) in [6.07, 6.45) is 2.27. The fourth-order valence-electron chi connectivity index (χ4n) is 5.27. The fraction of sp³-hybridized carbons (Fsp3) is 1.00. The second-order valence-electron chi connectivity index (χ2n) is 7.54. The second-order valence-corrected chi connectivity index (χ2v) is 7.54. The van der Waals surface area contributed by atoms with Gasteiger partial charge in [0.2, 0.25) is 0 Å². The van der Waals surface area contributed by atoms with E-state index in [-0.39, 0.29) is 30.0 Å². The minimum absolute atomic E-state index is 0.0394. The van der Waals surface area contributed by atoms with Gasteiger partial charge in [-0.2, -0.15) is 0 Å². The van der Waals surface area contributed by atoms with Gasteiger partial charge in [0.05, 0.1) is 11.7 Å². The van der Waals surface area contributed by atoms with E-state index in [0.29, 0.717) is 17.8 Å². The summed E-state index contributed by atoms with van der Waals surface area (Å²) in [5, 5.41) is 30.5. The van der Waals surface area contributed by atoms with Crippen molar-refractivity contribution in [2.24, 2.45) is 35.0 Å². The van der Waals surface area contributed by atoms with Crippen molar-refractivity contribution in [3.8, 4) is 0 Å². The molecular formula is C15H26O3. The zero-order chi connectivity index (χ0) is 13.3. The summed E-state index contributed by atoms with van der Waals surface area (Å²) < 4.78 is 0. The van der Waals surface area contributed by atoms with Crippen LogP contribution in [0, 0.1) is 35.0 Å². The molecule has 3 fully saturated rings. The van der Waals surface area contributed by atoms with Gasteiger partial charge in [-0.25, -0.2) is 0 Å². The van der Waals surface area contributed by atoms with Crippen LogP contribution in [0.3, 0.4) is 0 Å². The minimum atomic E-state index is -0.639. The summed E-state index contributed by atoms with van der Waals surface area (Å²) in [5.41, 5.74) is -0.599. The third-order valence-corrected chi connectivity index (χ3v) is 6.62. The van der Waals surface area contributed by atoms with Gasteiger partial charge in [0.15, 0.2) is 0 Å². The van der Waals surface area contributed by atoms with Crippen LogP contribution < -0.4 is 0 Å². The number of aliphatic hydroxyl groups excluding tert-OH is 2. The summed E-state index contributed by atoms with van der Waals surface area (Å²) >= 11 is 0. The van der Waals surface area contributed by atoms with Crippen molar-refractivity contribution in [1.82, 2.24) is 0 Å². The third kappa shape index (κ3) is 1.47. The van der Waals surface area contributed by atoms with E-state index in [2.05, 4.69) is 13.8 Å². The Hall–Kier alpha value is -0.120. The van der Waals surface area contributed by atoms with Gasteiger partial charge < -0.3 is 15.3 Å². The molecule has 104 valence electrons. The normalized spacial score (nSPS) is 63.0. The molecule has 8 atom stereocenters. The average molecular weight is 254 g/mol. The second kappa shape index (κ2) is 3.71. The van der Waals surface area contributed by atoms with Gasteiger partial charge in [-0.1, -0.05) is 13.8 Å². The third-order valence-electron chi connectivity index (χ3n) is 6.62. The van der Waals surface area contributed by atoms with Gasteiger partial charge in [0, 0.05) is 6.61 Å². The molecule has 3 rings (SSSR count). The van der Waals surface area contributed by atoms with E-state index < -0.39 is 5.60 Å². The van der Waals surface area contributed by atoms with Crippen molar-refractivity contribution >= 4 is 0 Å². The van der Waals surface area contributed by atoms with E-state index in [1.54, 1.807) is 0 Å². The maximum absolute atomic E-state index is 10.7. The van der Waals surface area contributed by atoms with E-state index in [9.17, 15) is 15.3 Å². The van der Waals surface area contributed by atoms with Gasteiger partial charge in [0.25, 0.3) is 0 Å². The van der Waals surface area contributed by atoms with Gasteiger partial charge >= 0.3 is 0 Å². The molecule has 3 heteroatoms. The first-order valence-electron chi connectivity index (χ1n) is 7.34. The largest absolute Gasteiger partial charge is 0.396 e. The maximum atomic E-state index is 10.7. The standard InChI is InChI=1S/C15H26O3/c1-8-11(17)6-10-12(8)13-9(14(13,2)7-16)4-5-15(10,3)18/h8-13,16-18H,4-7H2,1-3H3/t8-,9-,10+,11+,12-,13-,14+,15+/m0/s1. The molecule has 3 saturated carbocycles. The van der Waals surface area contributed by atoms with Gasteiger partial charge in [-0.05, 0) is 61.2 Å². The van der Waals surface area contributed by atoms with Crippen LogP contribution in [0.2, 0.25) is 0 Å². The Bertz CT molecular complexity index is 354. The van der Waals surface area contributed by atoms with Crippen molar-refractivity contribution < 1.29 is 15.3 Å². The van der Waals surface area contributed by atoms with Crippen molar-refractivity contribution in [2.45, 2.75) is 51.7 Å². The molecule has 3 nitrogen and oxygen atoms in total. The van der Waals surface area contributed by atoms with Gasteiger partial charge in [-0.15, -0.1) is 0 Å². The highest BCUT2D eigenvalue weighted by Gasteiger charge is 2.69. The Morgan fingerprint density at radius 1 is 1.22 bits per heavy atom. The Kier molecular flexibility index (Phi) is 2.66. The van der Waals surface area contributed by atoms with E-state index in [0.717, 1.165) is 19.3 Å². The number of hydrogen-bond acceptors (Lipinski definition) is 3. The molecule has 0 amide bonds. The molecule has 0 unspecified atom stereocenters. The predicted octanol–water partition coefficient (Wildman–Crippen LogP) is 1.41. The molecule has 0 radical (unpaired) electrons. The quantitative estimate of drug-likeness (QED) is 0.663. The number of fused-ring (bicyclic) bond motifs is 3. The molecule has 0 aliphatic heterocycles. The Morgan fingerprint density at radius 3 is 2.50 bits per heavy atom. The van der Waals surface area contributed by atoms with Crippen molar-refractivity contribution in [3.63, 3.8) is 0 Å². The number of hydrogen-bond donors (Lipinski definition) is 3. The lowest BCUT2D eigenvalue weighted by Crippen LogP contribution is -2.38. The van der Waals surface area contributed by atoms with E-state index in [1.807, 2.05) is 6.92 Å². The highest BCUT2D eigenvalue weighted by Crippen LogP contribution is 2.71. The molecule has 3 aliphatic rings. The highest BCUT2D eigenvalue weighted by molar-refractivity contribution is 5.17. The molecular weight excluding hydrogens is 228 g/mol. The molecule has 0 aromatic rings. The summed E-state index contributed by atoms with van der Waals surface area (Å²) in [5.74, 6) is 1.86. The van der Waals surface area contributed by atoms with Crippen LogP contribution in [-0.2, 0) is 0 Å². The molecule has 0 heterocycles. The SMILES string of the molecule is C[C@@H]1[C@@H]2[C@@H]3[C@H](CC[C@@](C)(O)[C@@H]2C[C@H]1O)[C@@]3(C)CO. The van der Waals surface area contributed by atoms with E-state index >= 15 is 0 Å². The number of aliphatic hydroxyl groups is 3. The van der Waals surface area contributed by atoms with Crippen molar-refractivity contribution in [2.75, 3.05) is 6.61 Å². The zero-order valence-corrected chi connectivity index (χ0v) is 11.6. The molecule has 0 aromatic heterocycles. The Balaban J connectivity index is 1.95. The first kappa shape index (κ1) is 12.9. The van der Waals surface area contributed by atoms with Crippen LogP contribution in [0.1, 0.15) is 40.0 Å². The van der Waals surface area contributed by atoms with E-state index in [4.69, 9.17) is 0 Å². The van der Waals surface area contributed by atoms with E-state index in [1.165, 1.54) is 0 Å². The van der Waals surface area contributed by atoms with Crippen LogP contribution in [0.5, 0.6) is 0 Å². The average Bonchev–Trinajstić information content (AvgIpc) is 2.82. The van der Waals surface area contributed by atoms with Crippen molar-refractivity contribution in [1.29, 1.82) is 0 Å². The Morgan fingerprint density at radius 2 is 1.89 bits per heavy atom. The first-order chi connectivity index (χ1) is 8.33. The lowest BCUT2D eigenvalue weighted by molar-refractivity contribution is -0.0333. The highest BCUT2D eigenvalue weighted by atomic mass is 16.3. The summed E-state index contributed by atoms with van der Waals surface area (Å²) in [7, 11) is 0. The monoisotopic (exact) mass is 254 g/mol.